The van der Waals surface area contributed by atoms with Crippen LogP contribution in [0.4, 0.5) is 0 Å². The lowest BCUT2D eigenvalue weighted by Crippen LogP contribution is -2.43. The highest BCUT2D eigenvalue weighted by Crippen LogP contribution is 2.15. The van der Waals surface area contributed by atoms with Gasteiger partial charge in [-0.15, -0.1) is 0 Å². The number of nitrogens with zero attached hydrogens (tertiary/aromatic N) is 2. The quantitative estimate of drug-likeness (QED) is 0.427. The smallest absolute Gasteiger partial charge is 0.331 e. The number of nitrogens with one attached hydrogen (secondary N) is 1. The molecule has 32 heavy (non-hydrogen) atoms. The normalized spacial score (nSPS) is 17.6. The number of hydrogen-bond donors (Lipinski definition) is 2. The van der Waals surface area contributed by atoms with E-state index in [1.165, 1.54) is 76.3 Å². The Morgan fingerprint density at radius 2 is 1.44 bits per heavy atom. The van der Waals surface area contributed by atoms with E-state index in [-0.39, 0.29) is 30.0 Å². The van der Waals surface area contributed by atoms with E-state index in [1.54, 1.807) is 13.1 Å². The summed E-state index contributed by atoms with van der Waals surface area (Å²) in [5.74, 6) is -1.20. The van der Waals surface area contributed by atoms with Crippen LogP contribution in [0.15, 0.2) is 11.6 Å². The number of likely N-dealkylation sites (N-methyl/N-ethyl adjacent to an activating group) is 1. The molecule has 0 aromatic rings. The van der Waals surface area contributed by atoms with Crippen LogP contribution in [0.3, 0.4) is 0 Å². The van der Waals surface area contributed by atoms with Gasteiger partial charge in [-0.3, -0.25) is 9.59 Å². The van der Waals surface area contributed by atoms with Crippen LogP contribution in [0.2, 0.25) is 0 Å². The molecule has 0 unspecified atom stereocenters. The summed E-state index contributed by atoms with van der Waals surface area (Å²) in [5.41, 5.74) is 0.191. The Labute approximate surface area is 195 Å². The van der Waals surface area contributed by atoms with Crippen molar-refractivity contribution in [2.75, 3.05) is 26.7 Å². The molecule has 0 spiro atoms. The Hall–Kier alpha value is -1.89. The van der Waals surface area contributed by atoms with Gasteiger partial charge in [0, 0.05) is 18.7 Å². The maximum atomic E-state index is 11.7. The summed E-state index contributed by atoms with van der Waals surface area (Å²) < 4.78 is 0. The molecule has 0 bridgehead atoms. The molecule has 1 heterocycles. The molecule has 1 saturated carbocycles. The van der Waals surface area contributed by atoms with Gasteiger partial charge >= 0.3 is 5.97 Å². The van der Waals surface area contributed by atoms with Crippen molar-refractivity contribution in [2.24, 2.45) is 5.92 Å². The van der Waals surface area contributed by atoms with Gasteiger partial charge in [-0.05, 0) is 52.6 Å². The highest BCUT2D eigenvalue weighted by atomic mass is 16.4. The second-order valence-corrected chi connectivity index (χ2v) is 9.35. The number of carbonyl (C=O) groups excluding carboxylic acids is 2. The van der Waals surface area contributed by atoms with Gasteiger partial charge in [0.1, 0.15) is 0 Å². The van der Waals surface area contributed by atoms with Crippen molar-refractivity contribution in [3.63, 3.8) is 0 Å². The van der Waals surface area contributed by atoms with Crippen LogP contribution in [0.25, 0.3) is 0 Å². The predicted molar refractivity (Wildman–Crippen MR) is 131 cm³/mol. The van der Waals surface area contributed by atoms with Crippen LogP contribution in [0, 0.1) is 5.92 Å². The fourth-order valence-corrected chi connectivity index (χ4v) is 3.82. The summed E-state index contributed by atoms with van der Waals surface area (Å²) in [4.78, 5) is 36.6. The lowest BCUT2D eigenvalue weighted by molar-refractivity contribution is -0.133. The van der Waals surface area contributed by atoms with Crippen LogP contribution < -0.4 is 5.32 Å². The predicted octanol–water partition coefficient (Wildman–Crippen LogP) is 4.08. The Bertz CT molecular complexity index is 558. The van der Waals surface area contributed by atoms with Gasteiger partial charge in [0.15, 0.2) is 0 Å². The van der Waals surface area contributed by atoms with Crippen molar-refractivity contribution in [1.29, 1.82) is 0 Å². The standard InChI is InChI=1S/C12H20N2O4.C8H17N.C5H10/c1-8(2)10(5-9(3)12(17)18)14(4)11(16)6-13-7-15;1-8(2)9-6-4-3-5-7-9;1-2-4-5-3-1/h5,7-8,10H,6H2,1-4H3,(H,13,15)(H,17,18);8H,3-7H2,1-2H3;1-5H2/b9-5+;;/t10-;;/m1../s1. The van der Waals surface area contributed by atoms with Crippen molar-refractivity contribution in [2.45, 2.75) is 98.1 Å². The Morgan fingerprint density at radius 1 is 0.969 bits per heavy atom. The van der Waals surface area contributed by atoms with Crippen molar-refractivity contribution < 1.29 is 19.5 Å². The summed E-state index contributed by atoms with van der Waals surface area (Å²) in [6.45, 7) is 12.4. The molecule has 7 heteroatoms. The average molecular weight is 454 g/mol. The molecule has 2 rings (SSSR count). The molecule has 2 aliphatic rings. The first kappa shape index (κ1) is 30.1. The fraction of sp³-hybridized carbons (Fsp3) is 0.800. The van der Waals surface area contributed by atoms with E-state index in [1.807, 2.05) is 13.8 Å². The Balaban J connectivity index is 0.000000555. The van der Waals surface area contributed by atoms with Crippen LogP contribution in [-0.2, 0) is 14.4 Å². The van der Waals surface area contributed by atoms with Crippen LogP contribution in [0.1, 0.15) is 86.0 Å². The second-order valence-electron chi connectivity index (χ2n) is 9.35. The third-order valence-corrected chi connectivity index (χ3v) is 5.99. The zero-order valence-corrected chi connectivity index (χ0v) is 21.2. The summed E-state index contributed by atoms with van der Waals surface area (Å²) in [5, 5.41) is 11.1. The van der Waals surface area contributed by atoms with Gasteiger partial charge in [-0.1, -0.05) is 58.4 Å². The summed E-state index contributed by atoms with van der Waals surface area (Å²) in [6, 6.07) is 0.451. The lowest BCUT2D eigenvalue weighted by atomic mass is 10.00. The van der Waals surface area contributed by atoms with Crippen molar-refractivity contribution in [3.05, 3.63) is 11.6 Å². The first-order chi connectivity index (χ1) is 15.1. The third-order valence-electron chi connectivity index (χ3n) is 5.99. The summed E-state index contributed by atoms with van der Waals surface area (Å²) in [7, 11) is 1.59. The fourth-order valence-electron chi connectivity index (χ4n) is 3.82. The van der Waals surface area contributed by atoms with Gasteiger partial charge in [-0.2, -0.15) is 0 Å². The van der Waals surface area contributed by atoms with E-state index < -0.39 is 5.97 Å². The Kier molecular flexibility index (Phi) is 16.6. The molecule has 7 nitrogen and oxygen atoms in total. The minimum Gasteiger partial charge on any atom is -0.478 e. The maximum Gasteiger partial charge on any atom is 0.331 e. The molecule has 0 aromatic heterocycles. The van der Waals surface area contributed by atoms with Crippen molar-refractivity contribution in [1.82, 2.24) is 15.1 Å². The molecule has 1 aliphatic heterocycles. The molecule has 1 atom stereocenters. The number of amides is 2. The Morgan fingerprint density at radius 3 is 1.78 bits per heavy atom. The van der Waals surface area contributed by atoms with E-state index >= 15 is 0 Å². The zero-order chi connectivity index (χ0) is 24.5. The first-order valence-electron chi connectivity index (χ1n) is 12.2. The van der Waals surface area contributed by atoms with Crippen LogP contribution in [0.5, 0.6) is 0 Å². The number of rotatable bonds is 8. The first-order valence-corrected chi connectivity index (χ1v) is 12.2. The lowest BCUT2D eigenvalue weighted by Gasteiger charge is -2.29. The van der Waals surface area contributed by atoms with Crippen molar-refractivity contribution in [3.8, 4) is 0 Å². The minimum atomic E-state index is -1.01. The number of piperidine rings is 1. The van der Waals surface area contributed by atoms with E-state index in [2.05, 4.69) is 24.1 Å². The molecule has 2 fully saturated rings. The number of carboxylic acids is 1. The highest BCUT2D eigenvalue weighted by molar-refractivity contribution is 5.86. The van der Waals surface area contributed by atoms with Gasteiger partial charge in [0.2, 0.25) is 12.3 Å². The van der Waals surface area contributed by atoms with E-state index in [0.29, 0.717) is 6.41 Å². The minimum absolute atomic E-state index is 0.0736. The summed E-state index contributed by atoms with van der Waals surface area (Å²) >= 11 is 0. The molecule has 2 amide bonds. The number of likely N-dealkylation sites (tertiary alicyclic amines) is 1. The maximum absolute atomic E-state index is 11.7. The molecule has 0 radical (unpaired) electrons. The van der Waals surface area contributed by atoms with Gasteiger partial charge in [0.25, 0.3) is 0 Å². The SMILES string of the molecule is C/C(=C\[C@H](C(C)C)N(C)C(=O)CNC=O)C(=O)O.C1CCCC1.CC(C)N1CCCCC1. The van der Waals surface area contributed by atoms with E-state index in [0.717, 1.165) is 6.04 Å². The molecule has 1 aliphatic carbocycles. The number of carbonyl (C=O) groups is 3. The highest BCUT2D eigenvalue weighted by Gasteiger charge is 2.21. The third kappa shape index (κ3) is 13.5. The topological polar surface area (TPSA) is 90.0 Å². The van der Waals surface area contributed by atoms with Crippen molar-refractivity contribution >= 4 is 18.3 Å². The molecule has 2 N–H and O–H groups in total. The average Bonchev–Trinajstić information content (AvgIpc) is 3.36. The molecule has 0 aromatic carbocycles. The molecular formula is C25H47N3O4. The van der Waals surface area contributed by atoms with Crippen LogP contribution in [-0.4, -0.2) is 72.0 Å². The summed E-state index contributed by atoms with van der Waals surface area (Å²) in [6.07, 6.45) is 13.8. The second kappa shape index (κ2) is 17.6. The monoisotopic (exact) mass is 453 g/mol. The van der Waals surface area contributed by atoms with Gasteiger partial charge in [0.05, 0.1) is 12.6 Å². The number of aliphatic carboxylic acids is 1. The molecule has 1 saturated heterocycles. The largest absolute Gasteiger partial charge is 0.478 e. The van der Waals surface area contributed by atoms with E-state index in [4.69, 9.17) is 5.11 Å². The van der Waals surface area contributed by atoms with Gasteiger partial charge < -0.3 is 20.2 Å². The zero-order valence-electron chi connectivity index (χ0n) is 21.2. The number of carboxylic acid groups (broad SMARTS) is 1. The van der Waals surface area contributed by atoms with E-state index in [9.17, 15) is 14.4 Å². The number of hydrogen-bond acceptors (Lipinski definition) is 4. The van der Waals surface area contributed by atoms with Crippen LogP contribution >= 0.6 is 0 Å². The molecular weight excluding hydrogens is 406 g/mol. The molecule has 186 valence electrons. The van der Waals surface area contributed by atoms with Gasteiger partial charge in [-0.25, -0.2) is 4.79 Å².